The Morgan fingerprint density at radius 2 is 1.62 bits per heavy atom. The van der Waals surface area contributed by atoms with Crippen molar-refractivity contribution in [2.75, 3.05) is 6.61 Å². The number of rotatable bonds is 7. The normalized spacial score (nSPS) is 14.2. The average Bonchev–Trinajstić information content (AvgIpc) is 2.39. The third-order valence-electron chi connectivity index (χ3n) is 4.52. The van der Waals surface area contributed by atoms with Crippen molar-refractivity contribution >= 4 is 26.4 Å². The topological polar surface area (TPSA) is 101 Å². The van der Waals surface area contributed by atoms with Crippen molar-refractivity contribution in [1.82, 2.24) is 5.32 Å². The van der Waals surface area contributed by atoms with E-state index in [4.69, 9.17) is 14.7 Å². The molecule has 26 heavy (non-hydrogen) atoms. The monoisotopic (exact) mass is 385 g/mol. The number of alkyl carbamates (subject to hydrolysis) is 1. The number of Topliss-reactive ketones (excluding diaryl/α,β-unsaturated/α-hetero) is 1. The van der Waals surface area contributed by atoms with Gasteiger partial charge in [0.05, 0.1) is 0 Å². The second-order valence-electron chi connectivity index (χ2n) is 9.76. The quantitative estimate of drug-likeness (QED) is 0.312. The molecule has 1 unspecified atom stereocenters. The summed E-state index contributed by atoms with van der Waals surface area (Å²) in [6.45, 7) is 19.8. The zero-order valence-corrected chi connectivity index (χ0v) is 18.9. The van der Waals surface area contributed by atoms with Crippen LogP contribution in [-0.4, -0.2) is 49.4 Å². The lowest BCUT2D eigenvalue weighted by Gasteiger charge is -2.40. The third kappa shape index (κ3) is 7.80. The van der Waals surface area contributed by atoms with Gasteiger partial charge < -0.3 is 20.0 Å². The van der Waals surface area contributed by atoms with Crippen molar-refractivity contribution in [1.29, 1.82) is 0 Å². The Morgan fingerprint density at radius 3 is 2.00 bits per heavy atom. The van der Waals surface area contributed by atoms with E-state index in [1.54, 1.807) is 20.8 Å². The summed E-state index contributed by atoms with van der Waals surface area (Å²) in [5.74, 6) is -0.526. The zero-order valence-electron chi connectivity index (χ0n) is 17.9. The van der Waals surface area contributed by atoms with Crippen LogP contribution in [0.5, 0.6) is 0 Å². The van der Waals surface area contributed by atoms with Gasteiger partial charge in [-0.05, 0) is 38.9 Å². The van der Waals surface area contributed by atoms with E-state index >= 15 is 0 Å². The fraction of sp³-hybridized carbons (Fsp3) is 0.833. The number of nitrogens with one attached hydrogen (secondary N) is 1. The summed E-state index contributed by atoms with van der Waals surface area (Å²) >= 11 is 0. The molecule has 0 aromatic rings. The molecule has 0 aliphatic rings. The maximum absolute atomic E-state index is 12.4. The van der Waals surface area contributed by atoms with Gasteiger partial charge in [-0.25, -0.2) is 4.79 Å². The minimum absolute atomic E-state index is 0.0216. The predicted molar refractivity (Wildman–Crippen MR) is 105 cm³/mol. The van der Waals surface area contributed by atoms with E-state index in [-0.39, 0.29) is 11.6 Å². The Bertz CT molecular complexity index is 568. The summed E-state index contributed by atoms with van der Waals surface area (Å²) in [4.78, 5) is 27.4. The summed E-state index contributed by atoms with van der Waals surface area (Å²) in [7, 11) is -2.03. The largest absolute Gasteiger partial charge is 0.444 e. The molecule has 7 nitrogen and oxygen atoms in total. The first-order valence-corrected chi connectivity index (χ1v) is 11.7. The van der Waals surface area contributed by atoms with Crippen molar-refractivity contribution in [3.05, 3.63) is 5.53 Å². The third-order valence-corrected chi connectivity index (χ3v) is 9.00. The molecule has 0 heterocycles. The van der Waals surface area contributed by atoms with Gasteiger partial charge in [0.2, 0.25) is 0 Å². The van der Waals surface area contributed by atoms with Crippen LogP contribution in [0.4, 0.5) is 4.79 Å². The smallest absolute Gasteiger partial charge is 0.408 e. The Hall–Kier alpha value is -1.50. The first-order chi connectivity index (χ1) is 11.4. The number of carbonyl (C=O) groups is 2. The van der Waals surface area contributed by atoms with Gasteiger partial charge >= 0.3 is 12.3 Å². The van der Waals surface area contributed by atoms with Crippen LogP contribution >= 0.6 is 0 Å². The van der Waals surface area contributed by atoms with E-state index in [0.29, 0.717) is 0 Å². The maximum atomic E-state index is 12.4. The van der Waals surface area contributed by atoms with E-state index in [1.807, 2.05) is 13.8 Å². The van der Waals surface area contributed by atoms with Gasteiger partial charge in [-0.15, -0.1) is 0 Å². The highest BCUT2D eigenvalue weighted by molar-refractivity contribution is 6.74. The predicted octanol–water partition coefficient (Wildman–Crippen LogP) is 3.80. The summed E-state index contributed by atoms with van der Waals surface area (Å²) in [6, 6.07) is -0.946. The molecule has 1 amide bonds. The van der Waals surface area contributed by atoms with Gasteiger partial charge in [0, 0.05) is 12.0 Å². The number of nitrogens with zero attached hydrogens (tertiary/aromatic N) is 2. The Kier molecular flexibility index (Phi) is 7.97. The van der Waals surface area contributed by atoms with Gasteiger partial charge in [0.25, 0.3) is 5.78 Å². The molecule has 0 spiro atoms. The Balaban J connectivity index is 5.43. The molecule has 0 aromatic heterocycles. The molecule has 0 aromatic carbocycles. The molecule has 0 rings (SSSR count). The first kappa shape index (κ1) is 24.5. The van der Waals surface area contributed by atoms with E-state index in [9.17, 15) is 9.59 Å². The number of hydrogen-bond donors (Lipinski definition) is 1. The van der Waals surface area contributed by atoms with Gasteiger partial charge in [-0.3, -0.25) is 4.79 Å². The average molecular weight is 386 g/mol. The van der Waals surface area contributed by atoms with Crippen molar-refractivity contribution in [2.24, 2.45) is 5.41 Å². The highest BCUT2D eigenvalue weighted by atomic mass is 28.4. The van der Waals surface area contributed by atoms with E-state index in [1.165, 1.54) is 0 Å². The van der Waals surface area contributed by atoms with E-state index < -0.39 is 37.3 Å². The number of carbonyl (C=O) groups excluding carboxylic acids is 2. The van der Waals surface area contributed by atoms with Crippen LogP contribution in [0.25, 0.3) is 5.53 Å². The van der Waals surface area contributed by atoms with Crippen LogP contribution in [0.15, 0.2) is 0 Å². The molecule has 150 valence electrons. The molecule has 0 saturated carbocycles. The molecule has 0 aliphatic carbocycles. The molecule has 0 saturated heterocycles. The number of ketones is 1. The molecule has 1 N–H and O–H groups in total. The van der Waals surface area contributed by atoms with E-state index in [2.05, 4.69) is 44.0 Å². The van der Waals surface area contributed by atoms with Crippen LogP contribution in [0.3, 0.4) is 0 Å². The standard InChI is InChI=1S/C18H35N3O4Si/c1-16(2,3)25-15(23)21-14(13(22)11-20-19)18(7,8)12-24-26(9,10)17(4,5)6/h11,14H,12H2,1-10H3,(H,21,23). The lowest BCUT2D eigenvalue weighted by molar-refractivity contribution is -0.121. The minimum Gasteiger partial charge on any atom is -0.444 e. The van der Waals surface area contributed by atoms with Gasteiger partial charge in [-0.1, -0.05) is 34.6 Å². The summed E-state index contributed by atoms with van der Waals surface area (Å²) < 4.78 is 11.5. The number of hydrogen-bond acceptors (Lipinski definition) is 4. The SMILES string of the molecule is CC(C)(C)OC(=O)NC(C(=O)C=[N+]=[N-])C(C)(C)CO[Si](C)(C)C(C)(C)C. The number of ether oxygens (including phenoxy) is 1. The fourth-order valence-electron chi connectivity index (χ4n) is 1.87. The minimum atomic E-state index is -2.03. The van der Waals surface area contributed by atoms with Crippen LogP contribution < -0.4 is 5.32 Å². The summed E-state index contributed by atoms with van der Waals surface area (Å²) in [6.07, 6.45) is 0.0819. The van der Waals surface area contributed by atoms with Crippen molar-refractivity contribution < 1.29 is 23.5 Å². The van der Waals surface area contributed by atoms with Gasteiger partial charge in [0.15, 0.2) is 8.32 Å². The number of amides is 1. The summed E-state index contributed by atoms with van der Waals surface area (Å²) in [5.41, 5.74) is 7.30. The Labute approximate surface area is 158 Å². The van der Waals surface area contributed by atoms with Gasteiger partial charge in [-0.2, -0.15) is 4.79 Å². The molecule has 0 bridgehead atoms. The highest BCUT2D eigenvalue weighted by Crippen LogP contribution is 2.38. The molecule has 0 fully saturated rings. The van der Waals surface area contributed by atoms with Crippen molar-refractivity contribution in [2.45, 2.75) is 85.2 Å². The first-order valence-electron chi connectivity index (χ1n) is 8.78. The molecule has 1 atom stereocenters. The van der Waals surface area contributed by atoms with Crippen molar-refractivity contribution in [3.63, 3.8) is 0 Å². The molecule has 0 aliphatic heterocycles. The van der Waals surface area contributed by atoms with Gasteiger partial charge in [0.1, 0.15) is 11.6 Å². The second-order valence-corrected chi connectivity index (χ2v) is 14.6. The lowest BCUT2D eigenvalue weighted by atomic mass is 9.83. The highest BCUT2D eigenvalue weighted by Gasteiger charge is 2.43. The fourth-order valence-corrected chi connectivity index (χ4v) is 3.04. The van der Waals surface area contributed by atoms with Crippen molar-refractivity contribution in [3.8, 4) is 0 Å². The molecule has 0 radical (unpaired) electrons. The molecular weight excluding hydrogens is 350 g/mol. The zero-order chi connectivity index (χ0) is 21.0. The van der Waals surface area contributed by atoms with Crippen LogP contribution in [0, 0.1) is 5.41 Å². The van der Waals surface area contributed by atoms with E-state index in [0.717, 1.165) is 6.21 Å². The van der Waals surface area contributed by atoms with Crippen LogP contribution in [-0.2, 0) is 14.0 Å². The molecular formula is C18H35N3O4Si. The summed E-state index contributed by atoms with van der Waals surface area (Å²) in [5, 5.41) is 2.62. The lowest BCUT2D eigenvalue weighted by Crippen LogP contribution is -2.55. The van der Waals surface area contributed by atoms with Crippen LogP contribution in [0.1, 0.15) is 55.4 Å². The van der Waals surface area contributed by atoms with Crippen LogP contribution in [0.2, 0.25) is 18.1 Å². The maximum Gasteiger partial charge on any atom is 0.408 e. The molecule has 8 heteroatoms. The Morgan fingerprint density at radius 1 is 1.12 bits per heavy atom. The second kappa shape index (κ2) is 8.46.